The van der Waals surface area contributed by atoms with Crippen LogP contribution in [0.5, 0.6) is 5.88 Å². The predicted molar refractivity (Wildman–Crippen MR) is 110 cm³/mol. The molecule has 0 aromatic carbocycles. The van der Waals surface area contributed by atoms with Gasteiger partial charge in [0.1, 0.15) is 5.82 Å². The van der Waals surface area contributed by atoms with Gasteiger partial charge in [0.15, 0.2) is 6.61 Å². The molecule has 0 spiro atoms. The van der Waals surface area contributed by atoms with Gasteiger partial charge in [0.05, 0.1) is 12.1 Å². The first-order chi connectivity index (χ1) is 14.3. The van der Waals surface area contributed by atoms with Crippen LogP contribution >= 0.6 is 0 Å². The first kappa shape index (κ1) is 22.5. The van der Waals surface area contributed by atoms with Gasteiger partial charge in [-0.1, -0.05) is 0 Å². The van der Waals surface area contributed by atoms with Gasteiger partial charge >= 0.3 is 0 Å². The van der Waals surface area contributed by atoms with E-state index in [1.54, 1.807) is 37.8 Å². The van der Waals surface area contributed by atoms with Crippen molar-refractivity contribution >= 4 is 17.6 Å². The van der Waals surface area contributed by atoms with Crippen LogP contribution in [0.1, 0.15) is 47.8 Å². The molecular weight excluding hydrogens is 408 g/mol. The van der Waals surface area contributed by atoms with Crippen LogP contribution < -0.4 is 15.8 Å². The number of halogens is 2. The average molecular weight is 433 g/mol. The Labute approximate surface area is 178 Å². The molecule has 0 aliphatic carbocycles. The molecule has 2 aromatic rings. The number of fused-ring (bicyclic) bond motifs is 1. The maximum atomic E-state index is 13.0. The minimum absolute atomic E-state index is 0.125. The van der Waals surface area contributed by atoms with E-state index in [1.165, 1.54) is 12.4 Å². The van der Waals surface area contributed by atoms with E-state index in [1.807, 2.05) is 0 Å². The molecule has 0 radical (unpaired) electrons. The fourth-order valence-corrected chi connectivity index (χ4v) is 3.06. The fourth-order valence-electron chi connectivity index (χ4n) is 3.06. The van der Waals surface area contributed by atoms with Crippen molar-refractivity contribution in [2.24, 2.45) is 5.73 Å². The molecule has 0 unspecified atom stereocenters. The van der Waals surface area contributed by atoms with E-state index in [9.17, 15) is 18.4 Å². The Morgan fingerprint density at radius 3 is 2.65 bits per heavy atom. The number of anilines is 1. The van der Waals surface area contributed by atoms with Crippen LogP contribution in [0.2, 0.25) is 0 Å². The number of pyridine rings is 2. The van der Waals surface area contributed by atoms with Crippen LogP contribution in [0.25, 0.3) is 0 Å². The van der Waals surface area contributed by atoms with Crippen LogP contribution in [0.3, 0.4) is 0 Å². The van der Waals surface area contributed by atoms with Gasteiger partial charge in [-0.3, -0.25) is 9.59 Å². The van der Waals surface area contributed by atoms with E-state index in [-0.39, 0.29) is 24.9 Å². The van der Waals surface area contributed by atoms with Crippen molar-refractivity contribution in [3.05, 3.63) is 46.8 Å². The van der Waals surface area contributed by atoms with Gasteiger partial charge in [-0.05, 0) is 38.5 Å². The second-order valence-electron chi connectivity index (χ2n) is 8.35. The number of hydrogen-bond acceptors (Lipinski definition) is 6. The summed E-state index contributed by atoms with van der Waals surface area (Å²) in [6, 6.07) is 3.34. The third-order valence-electron chi connectivity index (χ3n) is 4.66. The molecule has 0 saturated heterocycles. The highest BCUT2D eigenvalue weighted by Crippen LogP contribution is 2.30. The van der Waals surface area contributed by atoms with E-state index in [4.69, 9.17) is 10.5 Å². The number of aromatic nitrogens is 2. The number of nitrogens with zero attached hydrogens (tertiary/aromatic N) is 3. The van der Waals surface area contributed by atoms with Crippen molar-refractivity contribution in [1.29, 1.82) is 0 Å². The van der Waals surface area contributed by atoms with Crippen molar-refractivity contribution in [3.8, 4) is 5.88 Å². The summed E-state index contributed by atoms with van der Waals surface area (Å²) in [6.45, 7) is 5.37. The number of carbonyl (C=O) groups excluding carboxylic acids is 2. The minimum atomic E-state index is -2.96. The molecule has 0 bridgehead atoms. The number of ether oxygens (including phenoxy) is 1. The molecule has 1 aliphatic heterocycles. The summed E-state index contributed by atoms with van der Waals surface area (Å²) in [4.78, 5) is 34.9. The number of amides is 2. The number of hydrogen-bond donors (Lipinski definition) is 2. The zero-order valence-corrected chi connectivity index (χ0v) is 17.8. The highest BCUT2D eigenvalue weighted by Gasteiger charge is 2.32. The molecular formula is C21H25F2N5O3. The van der Waals surface area contributed by atoms with Crippen molar-refractivity contribution in [2.45, 2.75) is 52.2 Å². The molecule has 166 valence electrons. The molecule has 8 nitrogen and oxygen atoms in total. The summed E-state index contributed by atoms with van der Waals surface area (Å²) in [5, 5.41) is 2.69. The third-order valence-corrected chi connectivity index (χ3v) is 4.66. The second kappa shape index (κ2) is 8.18. The molecule has 10 heteroatoms. The van der Waals surface area contributed by atoms with Gasteiger partial charge in [0.25, 0.3) is 11.8 Å². The number of rotatable bonds is 7. The first-order valence-electron chi connectivity index (χ1n) is 9.69. The number of nitrogens with two attached hydrogens (primary N) is 1. The lowest BCUT2D eigenvalue weighted by Gasteiger charge is -2.19. The van der Waals surface area contributed by atoms with E-state index in [0.717, 1.165) is 12.5 Å². The number of aryl methyl sites for hydroxylation is 1. The summed E-state index contributed by atoms with van der Waals surface area (Å²) in [7, 11) is 0. The molecule has 3 N–H and O–H groups in total. The molecule has 2 amide bonds. The highest BCUT2D eigenvalue weighted by atomic mass is 19.3. The van der Waals surface area contributed by atoms with Gasteiger partial charge in [-0.25, -0.2) is 18.7 Å². The minimum Gasteiger partial charge on any atom is -0.471 e. The molecule has 2 aromatic heterocycles. The highest BCUT2D eigenvalue weighted by molar-refractivity contribution is 6.02. The average Bonchev–Trinajstić information content (AvgIpc) is 2.96. The van der Waals surface area contributed by atoms with E-state index in [0.29, 0.717) is 22.5 Å². The molecule has 0 saturated carbocycles. The van der Waals surface area contributed by atoms with Gasteiger partial charge in [-0.15, -0.1) is 0 Å². The van der Waals surface area contributed by atoms with Crippen LogP contribution in [0.4, 0.5) is 14.6 Å². The first-order valence-corrected chi connectivity index (χ1v) is 9.69. The zero-order valence-electron chi connectivity index (χ0n) is 17.8. The third kappa shape index (κ3) is 5.32. The monoisotopic (exact) mass is 433 g/mol. The lowest BCUT2D eigenvalue weighted by Crippen LogP contribution is -2.45. The standard InChI is InChI=1S/C21H25F2N5O3/c1-12-7-13(8-26-17(12)31-11-21(4,22)23)9-28-10-15-14(18(28)29)5-6-25-16(15)27-19(30)20(2,3)24/h5-8H,9-11,24H2,1-4H3,(H,25,27,30). The summed E-state index contributed by atoms with van der Waals surface area (Å²) in [5.41, 5.74) is 7.10. The Kier molecular flexibility index (Phi) is 5.95. The summed E-state index contributed by atoms with van der Waals surface area (Å²) in [5.74, 6) is -3.15. The normalized spacial score (nSPS) is 13.9. The van der Waals surface area contributed by atoms with E-state index >= 15 is 0 Å². The molecule has 0 fully saturated rings. The second-order valence-corrected chi connectivity index (χ2v) is 8.35. The Hall–Kier alpha value is -3.14. The summed E-state index contributed by atoms with van der Waals surface area (Å²) < 4.78 is 31.1. The Bertz CT molecular complexity index is 1020. The van der Waals surface area contributed by atoms with Crippen LogP contribution in [0, 0.1) is 6.92 Å². The maximum absolute atomic E-state index is 13.0. The number of nitrogens with one attached hydrogen (secondary N) is 1. The maximum Gasteiger partial charge on any atom is 0.278 e. The Morgan fingerprint density at radius 2 is 2.03 bits per heavy atom. The molecule has 3 heterocycles. The van der Waals surface area contributed by atoms with Crippen molar-refractivity contribution in [3.63, 3.8) is 0 Å². The van der Waals surface area contributed by atoms with Gasteiger partial charge in [0.2, 0.25) is 11.8 Å². The largest absolute Gasteiger partial charge is 0.471 e. The number of carbonyl (C=O) groups is 2. The predicted octanol–water partition coefficient (Wildman–Crippen LogP) is 2.65. The SMILES string of the molecule is Cc1cc(CN2Cc3c(ccnc3NC(=O)C(C)(C)N)C2=O)cnc1OCC(C)(F)F. The molecule has 1 aliphatic rings. The molecule has 3 rings (SSSR count). The van der Waals surface area contributed by atoms with Gasteiger partial charge in [0, 0.05) is 42.6 Å². The lowest BCUT2D eigenvalue weighted by molar-refractivity contribution is -0.120. The Balaban J connectivity index is 1.74. The molecule has 31 heavy (non-hydrogen) atoms. The van der Waals surface area contributed by atoms with Gasteiger partial charge < -0.3 is 20.7 Å². The van der Waals surface area contributed by atoms with Crippen molar-refractivity contribution < 1.29 is 23.1 Å². The van der Waals surface area contributed by atoms with Crippen molar-refractivity contribution in [1.82, 2.24) is 14.9 Å². The van der Waals surface area contributed by atoms with Crippen LogP contribution in [0.15, 0.2) is 24.5 Å². The zero-order chi connectivity index (χ0) is 23.0. The number of alkyl halides is 2. The van der Waals surface area contributed by atoms with Gasteiger partial charge in [-0.2, -0.15) is 0 Å². The van der Waals surface area contributed by atoms with Crippen molar-refractivity contribution in [2.75, 3.05) is 11.9 Å². The van der Waals surface area contributed by atoms with E-state index in [2.05, 4.69) is 15.3 Å². The quantitative estimate of drug-likeness (QED) is 0.695. The van der Waals surface area contributed by atoms with E-state index < -0.39 is 24.0 Å². The smallest absolute Gasteiger partial charge is 0.278 e. The lowest BCUT2D eigenvalue weighted by atomic mass is 10.1. The topological polar surface area (TPSA) is 110 Å². The van der Waals surface area contributed by atoms with Crippen LogP contribution in [-0.2, 0) is 17.9 Å². The fraction of sp³-hybridized carbons (Fsp3) is 0.429. The molecule has 0 atom stereocenters. The van der Waals surface area contributed by atoms with Crippen LogP contribution in [-0.4, -0.2) is 44.8 Å². The Morgan fingerprint density at radius 1 is 1.32 bits per heavy atom. The summed E-state index contributed by atoms with van der Waals surface area (Å²) in [6.07, 6.45) is 2.95. The summed E-state index contributed by atoms with van der Waals surface area (Å²) >= 11 is 0.